The second-order valence-corrected chi connectivity index (χ2v) is 4.59. The van der Waals surface area contributed by atoms with Crippen molar-refractivity contribution in [3.63, 3.8) is 0 Å². The summed E-state index contributed by atoms with van der Waals surface area (Å²) in [6, 6.07) is 0.410. The van der Waals surface area contributed by atoms with Crippen molar-refractivity contribution in [1.29, 1.82) is 0 Å². The van der Waals surface area contributed by atoms with Gasteiger partial charge in [-0.3, -0.25) is 4.79 Å². The van der Waals surface area contributed by atoms with Crippen LogP contribution >= 0.6 is 0 Å². The average Bonchev–Trinajstić information content (AvgIpc) is 2.12. The van der Waals surface area contributed by atoms with Gasteiger partial charge in [-0.2, -0.15) is 0 Å². The Hall–Kier alpha value is -0.610. The maximum atomic E-state index is 11.4. The minimum atomic E-state index is 0.127. The van der Waals surface area contributed by atoms with Gasteiger partial charge < -0.3 is 15.0 Å². The Morgan fingerprint density at radius 1 is 1.33 bits per heavy atom. The van der Waals surface area contributed by atoms with Crippen LogP contribution in [0.5, 0.6) is 0 Å². The Labute approximate surface area is 92.0 Å². The number of hydrogen-bond acceptors (Lipinski definition) is 3. The van der Waals surface area contributed by atoms with Gasteiger partial charge in [-0.1, -0.05) is 0 Å². The monoisotopic (exact) mass is 214 g/mol. The molecule has 1 rings (SSSR count). The van der Waals surface area contributed by atoms with Crippen molar-refractivity contribution in [3.8, 4) is 0 Å². The summed E-state index contributed by atoms with van der Waals surface area (Å²) in [5.41, 5.74) is 0. The summed E-state index contributed by atoms with van der Waals surface area (Å²) in [5, 5.41) is 3.29. The number of hydrogen-bond donors (Lipinski definition) is 1. The fraction of sp³-hybridized carbons (Fsp3) is 0.909. The van der Waals surface area contributed by atoms with Gasteiger partial charge in [0.15, 0.2) is 0 Å². The van der Waals surface area contributed by atoms with Crippen molar-refractivity contribution in [1.82, 2.24) is 10.2 Å². The van der Waals surface area contributed by atoms with Gasteiger partial charge in [0.05, 0.1) is 18.8 Å². The summed E-state index contributed by atoms with van der Waals surface area (Å²) in [6.45, 7) is 4.59. The quantitative estimate of drug-likeness (QED) is 0.749. The summed E-state index contributed by atoms with van der Waals surface area (Å²) in [4.78, 5) is 13.0. The van der Waals surface area contributed by atoms with Crippen LogP contribution in [-0.2, 0) is 9.53 Å². The highest BCUT2D eigenvalue weighted by Gasteiger charge is 2.24. The van der Waals surface area contributed by atoms with E-state index in [1.807, 2.05) is 0 Å². The zero-order valence-electron chi connectivity index (χ0n) is 10.1. The molecule has 0 aromatic carbocycles. The molecule has 1 heterocycles. The summed E-state index contributed by atoms with van der Waals surface area (Å²) in [6.07, 6.45) is 2.57. The Balaban J connectivity index is 2.29. The number of carbonyl (C=O) groups excluding carboxylic acids is 1. The van der Waals surface area contributed by atoms with E-state index in [-0.39, 0.29) is 5.91 Å². The molecule has 1 fully saturated rings. The predicted octanol–water partition coefficient (Wildman–Crippen LogP) is 0.620. The van der Waals surface area contributed by atoms with E-state index < -0.39 is 0 Å². The lowest BCUT2D eigenvalue weighted by atomic mass is 10.00. The topological polar surface area (TPSA) is 41.6 Å². The van der Waals surface area contributed by atoms with E-state index in [4.69, 9.17) is 4.74 Å². The van der Waals surface area contributed by atoms with Crippen LogP contribution in [-0.4, -0.2) is 49.7 Å². The molecule has 3 atom stereocenters. The van der Waals surface area contributed by atoms with Crippen molar-refractivity contribution < 1.29 is 9.53 Å². The first-order chi connectivity index (χ1) is 6.99. The number of nitrogens with one attached hydrogen (secondary N) is 1. The molecule has 4 nitrogen and oxygen atoms in total. The van der Waals surface area contributed by atoms with Crippen LogP contribution in [0.2, 0.25) is 0 Å². The highest BCUT2D eigenvalue weighted by Crippen LogP contribution is 2.18. The number of nitrogens with zero attached hydrogens (tertiary/aromatic N) is 1. The molecule has 0 radical (unpaired) electrons. The van der Waals surface area contributed by atoms with Crippen LogP contribution in [0.15, 0.2) is 0 Å². The molecule has 0 spiro atoms. The molecule has 0 aromatic rings. The summed E-state index contributed by atoms with van der Waals surface area (Å²) in [7, 11) is 3.55. The van der Waals surface area contributed by atoms with Gasteiger partial charge in [0, 0.05) is 20.1 Å². The van der Waals surface area contributed by atoms with Crippen LogP contribution in [0.1, 0.15) is 26.7 Å². The van der Waals surface area contributed by atoms with E-state index in [9.17, 15) is 4.79 Å². The van der Waals surface area contributed by atoms with Gasteiger partial charge in [0.1, 0.15) is 0 Å². The molecular weight excluding hydrogens is 192 g/mol. The highest BCUT2D eigenvalue weighted by molar-refractivity contribution is 5.77. The van der Waals surface area contributed by atoms with Crippen LogP contribution in [0.3, 0.4) is 0 Å². The third-order valence-corrected chi connectivity index (χ3v) is 2.74. The third kappa shape index (κ3) is 4.18. The standard InChI is InChI=1S/C11H22N2O2/c1-8-5-10(6-9(2)15-8)12-7-11(14)13(3)4/h8-10,12H,5-7H2,1-4H3/t8-,9+,10?. The van der Waals surface area contributed by atoms with Crippen LogP contribution in [0.4, 0.5) is 0 Å². The van der Waals surface area contributed by atoms with Gasteiger partial charge in [-0.05, 0) is 26.7 Å². The molecule has 1 unspecified atom stereocenters. The van der Waals surface area contributed by atoms with Crippen LogP contribution in [0, 0.1) is 0 Å². The molecule has 4 heteroatoms. The first kappa shape index (κ1) is 12.5. The Kier molecular flexibility index (Phi) is 4.54. The Morgan fingerprint density at radius 3 is 2.33 bits per heavy atom. The zero-order chi connectivity index (χ0) is 11.4. The molecular formula is C11H22N2O2. The molecule has 1 aliphatic heterocycles. The number of carbonyl (C=O) groups is 1. The number of ether oxygens (including phenoxy) is 1. The first-order valence-electron chi connectivity index (χ1n) is 5.58. The normalized spacial score (nSPS) is 31.3. The largest absolute Gasteiger partial charge is 0.375 e. The highest BCUT2D eigenvalue weighted by atomic mass is 16.5. The van der Waals surface area contributed by atoms with E-state index in [2.05, 4.69) is 19.2 Å². The van der Waals surface area contributed by atoms with Crippen molar-refractivity contribution >= 4 is 5.91 Å². The molecule has 0 saturated carbocycles. The number of rotatable bonds is 3. The maximum Gasteiger partial charge on any atom is 0.236 e. The lowest BCUT2D eigenvalue weighted by molar-refractivity contribution is -0.128. The SMILES string of the molecule is C[C@@H]1CC(NCC(=O)N(C)C)C[C@H](C)O1. The van der Waals surface area contributed by atoms with Gasteiger partial charge in [-0.15, -0.1) is 0 Å². The van der Waals surface area contributed by atoms with E-state index in [0.29, 0.717) is 24.8 Å². The molecule has 1 aliphatic rings. The van der Waals surface area contributed by atoms with Gasteiger partial charge in [-0.25, -0.2) is 0 Å². The van der Waals surface area contributed by atoms with Crippen molar-refractivity contribution in [2.45, 2.75) is 44.9 Å². The third-order valence-electron chi connectivity index (χ3n) is 2.74. The summed E-state index contributed by atoms with van der Waals surface area (Å²) >= 11 is 0. The number of likely N-dealkylation sites (N-methyl/N-ethyl adjacent to an activating group) is 1. The van der Waals surface area contributed by atoms with Crippen molar-refractivity contribution in [2.24, 2.45) is 0 Å². The smallest absolute Gasteiger partial charge is 0.236 e. The van der Waals surface area contributed by atoms with Crippen LogP contribution < -0.4 is 5.32 Å². The van der Waals surface area contributed by atoms with Gasteiger partial charge in [0.2, 0.25) is 5.91 Å². The molecule has 0 aliphatic carbocycles. The Bertz CT molecular complexity index is 209. The van der Waals surface area contributed by atoms with Crippen molar-refractivity contribution in [3.05, 3.63) is 0 Å². The number of amides is 1. The van der Waals surface area contributed by atoms with E-state index in [0.717, 1.165) is 12.8 Å². The van der Waals surface area contributed by atoms with Gasteiger partial charge >= 0.3 is 0 Å². The Morgan fingerprint density at radius 2 is 1.87 bits per heavy atom. The van der Waals surface area contributed by atoms with Crippen LogP contribution in [0.25, 0.3) is 0 Å². The molecule has 1 saturated heterocycles. The van der Waals surface area contributed by atoms with Gasteiger partial charge in [0.25, 0.3) is 0 Å². The predicted molar refractivity (Wildman–Crippen MR) is 59.7 cm³/mol. The summed E-state index contributed by atoms with van der Waals surface area (Å²) < 4.78 is 5.64. The fourth-order valence-electron chi connectivity index (χ4n) is 1.96. The molecule has 0 bridgehead atoms. The molecule has 1 amide bonds. The molecule has 0 aromatic heterocycles. The molecule has 15 heavy (non-hydrogen) atoms. The average molecular weight is 214 g/mol. The lowest BCUT2D eigenvalue weighted by Crippen LogP contribution is -2.45. The van der Waals surface area contributed by atoms with E-state index in [1.54, 1.807) is 19.0 Å². The first-order valence-corrected chi connectivity index (χ1v) is 5.58. The molecule has 1 N–H and O–H groups in total. The second-order valence-electron chi connectivity index (χ2n) is 4.59. The minimum Gasteiger partial charge on any atom is -0.375 e. The van der Waals surface area contributed by atoms with Crippen molar-refractivity contribution in [2.75, 3.05) is 20.6 Å². The lowest BCUT2D eigenvalue weighted by Gasteiger charge is -2.32. The second kappa shape index (κ2) is 5.47. The maximum absolute atomic E-state index is 11.4. The zero-order valence-corrected chi connectivity index (χ0v) is 10.1. The summed E-state index contributed by atoms with van der Waals surface area (Å²) in [5.74, 6) is 0.127. The van der Waals surface area contributed by atoms with E-state index in [1.165, 1.54) is 0 Å². The molecule has 88 valence electrons. The minimum absolute atomic E-state index is 0.127. The van der Waals surface area contributed by atoms with E-state index >= 15 is 0 Å². The fourth-order valence-corrected chi connectivity index (χ4v) is 1.96.